The molecule has 0 amide bonds. The van der Waals surface area contributed by atoms with Crippen molar-refractivity contribution in [3.8, 4) is 0 Å². The van der Waals surface area contributed by atoms with Crippen molar-refractivity contribution in [2.45, 2.75) is 50.5 Å². The van der Waals surface area contributed by atoms with Crippen molar-refractivity contribution in [2.24, 2.45) is 5.41 Å². The van der Waals surface area contributed by atoms with Gasteiger partial charge in [0, 0.05) is 13.1 Å². The molecule has 1 fully saturated rings. The Bertz CT molecular complexity index is 563. The average Bonchev–Trinajstić information content (AvgIpc) is 2.47. The summed E-state index contributed by atoms with van der Waals surface area (Å²) in [6.45, 7) is 3.39. The van der Waals surface area contributed by atoms with E-state index in [1.165, 1.54) is 19.3 Å². The predicted molar refractivity (Wildman–Crippen MR) is 85.6 cm³/mol. The van der Waals surface area contributed by atoms with Crippen LogP contribution in [0.2, 0.25) is 0 Å². The van der Waals surface area contributed by atoms with Gasteiger partial charge in [0.15, 0.2) is 0 Å². The van der Waals surface area contributed by atoms with E-state index in [1.807, 2.05) is 13.1 Å². The maximum absolute atomic E-state index is 12.4. The molecule has 0 spiro atoms. The van der Waals surface area contributed by atoms with Gasteiger partial charge in [0.05, 0.1) is 4.90 Å². The summed E-state index contributed by atoms with van der Waals surface area (Å²) in [6, 6.07) is 7.12. The summed E-state index contributed by atoms with van der Waals surface area (Å²) in [4.78, 5) is 0.356. The molecule has 0 unspecified atom stereocenters. The third kappa shape index (κ3) is 4.53. The average molecular weight is 310 g/mol. The topological polar surface area (TPSA) is 58.2 Å². The van der Waals surface area contributed by atoms with Crippen LogP contribution in [-0.4, -0.2) is 22.0 Å². The number of sulfonamides is 1. The molecular weight excluding hydrogens is 284 g/mol. The van der Waals surface area contributed by atoms with Crippen LogP contribution in [0.3, 0.4) is 0 Å². The fourth-order valence-corrected chi connectivity index (χ4v) is 4.23. The fourth-order valence-electron chi connectivity index (χ4n) is 2.96. The summed E-state index contributed by atoms with van der Waals surface area (Å²) in [5.74, 6) is 0. The molecule has 4 nitrogen and oxygen atoms in total. The maximum Gasteiger partial charge on any atom is 0.240 e. The molecule has 1 aromatic rings. The Labute approximate surface area is 128 Å². The van der Waals surface area contributed by atoms with Crippen LogP contribution in [0.4, 0.5) is 0 Å². The number of hydrogen-bond acceptors (Lipinski definition) is 3. The van der Waals surface area contributed by atoms with Crippen molar-refractivity contribution in [2.75, 3.05) is 13.6 Å². The molecule has 1 aliphatic rings. The van der Waals surface area contributed by atoms with Crippen molar-refractivity contribution in [3.63, 3.8) is 0 Å². The standard InChI is InChI=1S/C16H26N2O2S/c1-16(9-4-3-5-10-16)13-18-21(19,20)15-8-6-7-14(11-15)12-17-2/h6-8,11,17-18H,3-5,9-10,12-13H2,1-2H3. The highest BCUT2D eigenvalue weighted by molar-refractivity contribution is 7.89. The molecular formula is C16H26N2O2S. The molecule has 0 aliphatic heterocycles. The van der Waals surface area contributed by atoms with Crippen LogP contribution in [0.25, 0.3) is 0 Å². The van der Waals surface area contributed by atoms with Crippen LogP contribution in [0.5, 0.6) is 0 Å². The van der Waals surface area contributed by atoms with Gasteiger partial charge in [-0.05, 0) is 43.0 Å². The summed E-state index contributed by atoms with van der Waals surface area (Å²) in [5.41, 5.74) is 1.08. The predicted octanol–water partition coefficient (Wildman–Crippen LogP) is 2.65. The van der Waals surface area contributed by atoms with Gasteiger partial charge in [-0.3, -0.25) is 0 Å². The van der Waals surface area contributed by atoms with E-state index < -0.39 is 10.0 Å². The zero-order valence-corrected chi connectivity index (χ0v) is 13.8. The van der Waals surface area contributed by atoms with Crippen LogP contribution in [0.1, 0.15) is 44.6 Å². The molecule has 1 saturated carbocycles. The van der Waals surface area contributed by atoms with E-state index >= 15 is 0 Å². The van der Waals surface area contributed by atoms with Gasteiger partial charge in [0.2, 0.25) is 10.0 Å². The number of nitrogens with one attached hydrogen (secondary N) is 2. The van der Waals surface area contributed by atoms with Crippen molar-refractivity contribution in [1.82, 2.24) is 10.0 Å². The number of benzene rings is 1. The molecule has 1 aromatic carbocycles. The quantitative estimate of drug-likeness (QED) is 0.849. The lowest BCUT2D eigenvalue weighted by molar-refractivity contribution is 0.219. The van der Waals surface area contributed by atoms with Gasteiger partial charge in [-0.1, -0.05) is 38.3 Å². The van der Waals surface area contributed by atoms with Crippen molar-refractivity contribution in [3.05, 3.63) is 29.8 Å². The van der Waals surface area contributed by atoms with Crippen LogP contribution >= 0.6 is 0 Å². The van der Waals surface area contributed by atoms with Gasteiger partial charge >= 0.3 is 0 Å². The number of hydrogen-bond donors (Lipinski definition) is 2. The molecule has 0 bridgehead atoms. The third-order valence-electron chi connectivity index (χ3n) is 4.34. The fraction of sp³-hybridized carbons (Fsp3) is 0.625. The van der Waals surface area contributed by atoms with Crippen LogP contribution in [0.15, 0.2) is 29.2 Å². The first-order valence-corrected chi connectivity index (χ1v) is 9.17. The molecule has 0 heterocycles. The molecule has 5 heteroatoms. The lowest BCUT2D eigenvalue weighted by Crippen LogP contribution is -2.37. The minimum absolute atomic E-state index is 0.105. The van der Waals surface area contributed by atoms with Gasteiger partial charge in [0.1, 0.15) is 0 Å². The molecule has 1 aliphatic carbocycles. The van der Waals surface area contributed by atoms with Crippen LogP contribution in [-0.2, 0) is 16.6 Å². The van der Waals surface area contributed by atoms with E-state index in [9.17, 15) is 8.42 Å². The second kappa shape index (κ2) is 6.90. The van der Waals surface area contributed by atoms with E-state index in [1.54, 1.807) is 18.2 Å². The van der Waals surface area contributed by atoms with E-state index in [-0.39, 0.29) is 5.41 Å². The van der Waals surface area contributed by atoms with Gasteiger partial charge in [0.25, 0.3) is 0 Å². The Balaban J connectivity index is 2.05. The Kier molecular flexibility index (Phi) is 5.41. The van der Waals surface area contributed by atoms with E-state index in [4.69, 9.17) is 0 Å². The summed E-state index contributed by atoms with van der Waals surface area (Å²) in [6.07, 6.45) is 5.89. The first-order chi connectivity index (χ1) is 9.95. The molecule has 0 aromatic heterocycles. The molecule has 0 saturated heterocycles. The second-order valence-corrected chi connectivity index (χ2v) is 8.14. The first-order valence-electron chi connectivity index (χ1n) is 7.68. The summed E-state index contributed by atoms with van der Waals surface area (Å²) < 4.78 is 27.7. The van der Waals surface area contributed by atoms with Gasteiger partial charge in [-0.15, -0.1) is 0 Å². The van der Waals surface area contributed by atoms with Crippen LogP contribution in [0, 0.1) is 5.41 Å². The minimum atomic E-state index is -3.42. The Morgan fingerprint density at radius 2 is 1.90 bits per heavy atom. The highest BCUT2D eigenvalue weighted by Crippen LogP contribution is 2.35. The van der Waals surface area contributed by atoms with Gasteiger partial charge in [-0.25, -0.2) is 13.1 Å². The van der Waals surface area contributed by atoms with Crippen LogP contribution < -0.4 is 10.0 Å². The summed E-state index contributed by atoms with van der Waals surface area (Å²) in [7, 11) is -1.57. The van der Waals surface area contributed by atoms with Gasteiger partial charge < -0.3 is 5.32 Å². The van der Waals surface area contributed by atoms with E-state index in [2.05, 4.69) is 17.0 Å². The van der Waals surface area contributed by atoms with Crippen molar-refractivity contribution in [1.29, 1.82) is 0 Å². The Morgan fingerprint density at radius 1 is 1.19 bits per heavy atom. The lowest BCUT2D eigenvalue weighted by Gasteiger charge is -2.33. The zero-order valence-electron chi connectivity index (χ0n) is 13.0. The molecule has 0 radical (unpaired) electrons. The molecule has 21 heavy (non-hydrogen) atoms. The molecule has 0 atom stereocenters. The summed E-state index contributed by atoms with van der Waals surface area (Å²) >= 11 is 0. The van der Waals surface area contributed by atoms with Crippen molar-refractivity contribution >= 4 is 10.0 Å². The Morgan fingerprint density at radius 3 is 2.57 bits per heavy atom. The number of rotatable bonds is 6. The highest BCUT2D eigenvalue weighted by Gasteiger charge is 2.28. The largest absolute Gasteiger partial charge is 0.316 e. The minimum Gasteiger partial charge on any atom is -0.316 e. The lowest BCUT2D eigenvalue weighted by atomic mass is 9.76. The van der Waals surface area contributed by atoms with Crippen molar-refractivity contribution < 1.29 is 8.42 Å². The SMILES string of the molecule is CNCc1cccc(S(=O)(=O)NCC2(C)CCCCC2)c1. The first kappa shape index (κ1) is 16.5. The third-order valence-corrected chi connectivity index (χ3v) is 5.74. The Hall–Kier alpha value is -0.910. The highest BCUT2D eigenvalue weighted by atomic mass is 32.2. The van der Waals surface area contributed by atoms with Gasteiger partial charge in [-0.2, -0.15) is 0 Å². The molecule has 2 N–H and O–H groups in total. The molecule has 2 rings (SSSR count). The maximum atomic E-state index is 12.4. The monoisotopic (exact) mass is 310 g/mol. The van der Waals surface area contributed by atoms with E-state index in [0.717, 1.165) is 18.4 Å². The smallest absolute Gasteiger partial charge is 0.240 e. The molecule has 118 valence electrons. The normalized spacial score (nSPS) is 18.6. The zero-order chi connectivity index (χ0) is 15.3. The van der Waals surface area contributed by atoms with E-state index in [0.29, 0.717) is 18.0 Å². The summed E-state index contributed by atoms with van der Waals surface area (Å²) in [5, 5.41) is 3.04. The second-order valence-electron chi connectivity index (χ2n) is 6.37.